The number of halogens is 1. The number of benzene rings is 1. The van der Waals surface area contributed by atoms with Gasteiger partial charge in [-0.25, -0.2) is 4.39 Å². The van der Waals surface area contributed by atoms with E-state index < -0.39 is 25.1 Å². The summed E-state index contributed by atoms with van der Waals surface area (Å²) < 4.78 is 33.9. The van der Waals surface area contributed by atoms with Gasteiger partial charge in [0.2, 0.25) is 0 Å². The van der Waals surface area contributed by atoms with Gasteiger partial charge in [-0.3, -0.25) is 0 Å². The molecule has 7 nitrogen and oxygen atoms in total. The number of hydrogen-bond acceptors (Lipinski definition) is 7. The van der Waals surface area contributed by atoms with Crippen LogP contribution in [-0.2, 0) is 14.2 Å². The monoisotopic (exact) mass is 711 g/mol. The first-order valence-electron chi connectivity index (χ1n) is 16.9. The molecule has 0 bridgehead atoms. The Morgan fingerprint density at radius 1 is 0.791 bits per heavy atom. The molecule has 0 spiro atoms. The predicted molar refractivity (Wildman–Crippen MR) is 178 cm³/mol. The molecule has 0 atom stereocenters. The summed E-state index contributed by atoms with van der Waals surface area (Å²) in [7, 11) is 0. The van der Waals surface area contributed by atoms with Crippen LogP contribution in [-0.4, -0.2) is 105 Å². The van der Waals surface area contributed by atoms with Crippen molar-refractivity contribution in [3.05, 3.63) is 30.1 Å². The summed E-state index contributed by atoms with van der Waals surface area (Å²) >= 11 is -2.54. The van der Waals surface area contributed by atoms with Gasteiger partial charge in [-0.15, -0.1) is 0 Å². The second kappa shape index (κ2) is 23.2. The minimum absolute atomic E-state index is 0.0563. The molecule has 43 heavy (non-hydrogen) atoms. The fourth-order valence-electron chi connectivity index (χ4n) is 5.64. The van der Waals surface area contributed by atoms with Crippen molar-refractivity contribution in [2.75, 3.05) is 66.0 Å². The zero-order chi connectivity index (χ0) is 31.2. The minimum atomic E-state index is -2.54. The predicted octanol–water partition coefficient (Wildman–Crippen LogP) is 6.99. The van der Waals surface area contributed by atoms with Gasteiger partial charge in [-0.05, 0) is 0 Å². The molecule has 1 aromatic heterocycles. The molecule has 2 aromatic rings. The second-order valence-electron chi connectivity index (χ2n) is 11.5. The molecular weight excluding hydrogens is 652 g/mol. The summed E-state index contributed by atoms with van der Waals surface area (Å²) in [4.78, 5) is 24.8. The molecule has 0 fully saturated rings. The van der Waals surface area contributed by atoms with Crippen molar-refractivity contribution in [2.45, 2.75) is 92.4 Å². The second-order valence-corrected chi connectivity index (χ2v) is 24.8. The third-order valence-corrected chi connectivity index (χ3v) is 23.9. The number of nitrogens with zero attached hydrogens (tertiary/aromatic N) is 3. The van der Waals surface area contributed by atoms with E-state index in [1.54, 1.807) is 9.78 Å². The van der Waals surface area contributed by atoms with Crippen molar-refractivity contribution < 1.29 is 23.4 Å². The standard InChI is InChI=1S/C22H31FN3O4.3C4H9.Sn/c1-2-26(11-13-29-15-17-30-16-14-28-12-9-23)10-5-8-22(27)21-18-24-19-6-3-4-7-20(19)25-21;3*1-3-4-2;/h4,6-7,18H,2,5,8-17H2,1H3;3*1,3-4H2,2H3;. The van der Waals surface area contributed by atoms with Crippen LogP contribution in [0.2, 0.25) is 13.3 Å². The van der Waals surface area contributed by atoms with Crippen molar-refractivity contribution in [1.82, 2.24) is 14.9 Å². The fraction of sp³-hybridized carbons (Fsp3) is 0.735. The van der Waals surface area contributed by atoms with E-state index in [0.29, 0.717) is 45.1 Å². The number of carbonyl (C=O) groups excluding carboxylic acids is 1. The molecule has 9 heteroatoms. The maximum atomic E-state index is 13.0. The van der Waals surface area contributed by atoms with Gasteiger partial charge in [0, 0.05) is 0 Å². The first-order valence-corrected chi connectivity index (χ1v) is 24.3. The van der Waals surface area contributed by atoms with Crippen molar-refractivity contribution >= 4 is 38.8 Å². The molecule has 0 unspecified atom stereocenters. The number of rotatable bonds is 27. The van der Waals surface area contributed by atoms with Gasteiger partial charge in [-0.1, -0.05) is 6.92 Å². The average Bonchev–Trinajstić information content (AvgIpc) is 3.04. The van der Waals surface area contributed by atoms with Gasteiger partial charge in [-0.2, -0.15) is 0 Å². The molecule has 0 amide bonds. The number of ketones is 1. The number of carbonyl (C=O) groups is 1. The summed E-state index contributed by atoms with van der Waals surface area (Å²) in [6, 6.07) is 6.82. The summed E-state index contributed by atoms with van der Waals surface area (Å²) in [6.45, 7) is 13.7. The third-order valence-electron chi connectivity index (χ3n) is 8.31. The van der Waals surface area contributed by atoms with Crippen LogP contribution in [0.4, 0.5) is 4.39 Å². The molecule has 0 saturated carbocycles. The van der Waals surface area contributed by atoms with E-state index in [1.165, 1.54) is 51.8 Å². The molecule has 2 rings (SSSR count). The summed E-state index contributed by atoms with van der Waals surface area (Å²) in [5.74, 6) is 0.0563. The Balaban J connectivity index is 1.87. The van der Waals surface area contributed by atoms with E-state index in [0.717, 1.165) is 37.1 Å². The number of likely N-dealkylation sites (N-methyl/N-ethyl adjacent to an activating group) is 1. The molecule has 0 N–H and O–H groups in total. The van der Waals surface area contributed by atoms with Crippen LogP contribution >= 0.6 is 0 Å². The van der Waals surface area contributed by atoms with E-state index in [-0.39, 0.29) is 12.4 Å². The van der Waals surface area contributed by atoms with Crippen molar-refractivity contribution in [2.24, 2.45) is 0 Å². The number of aromatic nitrogens is 2. The van der Waals surface area contributed by atoms with Gasteiger partial charge in [0.05, 0.1) is 39.6 Å². The van der Waals surface area contributed by atoms with Crippen LogP contribution in [0.5, 0.6) is 0 Å². The van der Waals surface area contributed by atoms with E-state index >= 15 is 0 Å². The number of Topliss-reactive ketones (excluding diaryl/α,β-unsaturated/α-hetero) is 1. The number of unbranched alkanes of at least 4 members (excludes halogenated alkanes) is 3. The van der Waals surface area contributed by atoms with Crippen LogP contribution in [0.3, 0.4) is 0 Å². The molecule has 0 aliphatic heterocycles. The van der Waals surface area contributed by atoms with Crippen LogP contribution in [0, 0.1) is 0 Å². The van der Waals surface area contributed by atoms with Crippen LogP contribution in [0.15, 0.2) is 24.4 Å². The Labute approximate surface area is 264 Å². The number of ether oxygens (including phenoxy) is 3. The SMILES string of the molecule is CCC[CH2][Sn]([CH2]CCC)([CH2]CCC)[c]1ccc2nc(C(=O)CCCN(CC)CCOCCOCCOCCF)cnc2c1. The zero-order valence-electron chi connectivity index (χ0n) is 27.5. The van der Waals surface area contributed by atoms with Crippen LogP contribution < -0.4 is 3.58 Å². The van der Waals surface area contributed by atoms with E-state index in [9.17, 15) is 9.18 Å². The number of hydrogen-bond donors (Lipinski definition) is 0. The van der Waals surface area contributed by atoms with Gasteiger partial charge in [0.15, 0.2) is 0 Å². The molecule has 244 valence electrons. The Kier molecular flexibility index (Phi) is 20.5. The van der Waals surface area contributed by atoms with Crippen LogP contribution in [0.25, 0.3) is 11.0 Å². The summed E-state index contributed by atoms with van der Waals surface area (Å²) in [5.41, 5.74) is 2.24. The molecule has 0 aliphatic rings. The molecular formula is C34H58FN3O4Sn. The fourth-order valence-corrected chi connectivity index (χ4v) is 21.6. The first-order chi connectivity index (χ1) is 21.0. The van der Waals surface area contributed by atoms with Crippen LogP contribution in [0.1, 0.15) is 89.5 Å². The Morgan fingerprint density at radius 3 is 1.98 bits per heavy atom. The van der Waals surface area contributed by atoms with Gasteiger partial charge >= 0.3 is 194 Å². The van der Waals surface area contributed by atoms with E-state index in [1.807, 2.05) is 0 Å². The Bertz CT molecular complexity index is 1010. The summed E-state index contributed by atoms with van der Waals surface area (Å²) in [5, 5.41) is 0. The van der Waals surface area contributed by atoms with Crippen molar-refractivity contribution in [3.63, 3.8) is 0 Å². The molecule has 1 heterocycles. The zero-order valence-corrected chi connectivity index (χ0v) is 30.4. The topological polar surface area (TPSA) is 73.8 Å². The third kappa shape index (κ3) is 14.2. The Morgan fingerprint density at radius 2 is 1.40 bits per heavy atom. The molecule has 0 aliphatic carbocycles. The first kappa shape index (κ1) is 38.0. The van der Waals surface area contributed by atoms with E-state index in [4.69, 9.17) is 24.2 Å². The maximum absolute atomic E-state index is 13.0. The molecule has 1 aromatic carbocycles. The van der Waals surface area contributed by atoms with Gasteiger partial charge in [0.1, 0.15) is 6.67 Å². The number of alkyl halides is 1. The molecule has 0 radical (unpaired) electrons. The van der Waals surface area contributed by atoms with E-state index in [2.05, 4.69) is 50.8 Å². The number of fused-ring (bicyclic) bond motifs is 1. The van der Waals surface area contributed by atoms with Crippen molar-refractivity contribution in [3.8, 4) is 0 Å². The van der Waals surface area contributed by atoms with Gasteiger partial charge < -0.3 is 14.2 Å². The van der Waals surface area contributed by atoms with Crippen molar-refractivity contribution in [1.29, 1.82) is 0 Å². The van der Waals surface area contributed by atoms with Gasteiger partial charge in [0.25, 0.3) is 0 Å². The quantitative estimate of drug-likeness (QED) is 0.0563. The normalized spacial score (nSPS) is 12.0. The molecule has 0 saturated heterocycles. The Hall–Kier alpha value is -1.20. The average molecular weight is 711 g/mol. The summed E-state index contributed by atoms with van der Waals surface area (Å²) in [6.07, 6.45) is 10.7.